The summed E-state index contributed by atoms with van der Waals surface area (Å²) in [5.74, 6) is 0.891. The van der Waals surface area contributed by atoms with Gasteiger partial charge in [0.15, 0.2) is 0 Å². The second-order valence-corrected chi connectivity index (χ2v) is 12.7. The van der Waals surface area contributed by atoms with E-state index >= 15 is 0 Å². The second-order valence-electron chi connectivity index (χ2n) is 12.7. The van der Waals surface area contributed by atoms with Gasteiger partial charge < -0.3 is 4.42 Å². The first-order valence-corrected chi connectivity index (χ1v) is 16.7. The van der Waals surface area contributed by atoms with Crippen LogP contribution in [0.4, 0.5) is 0 Å². The fourth-order valence-electron chi connectivity index (χ4n) is 7.46. The van der Waals surface area contributed by atoms with Crippen molar-refractivity contribution >= 4 is 54.5 Å². The van der Waals surface area contributed by atoms with Crippen LogP contribution in [-0.4, -0.2) is 9.55 Å². The summed E-state index contributed by atoms with van der Waals surface area (Å²) in [7, 11) is 0. The topological polar surface area (TPSA) is 54.8 Å². The summed E-state index contributed by atoms with van der Waals surface area (Å²) in [5, 5.41) is 16.1. The number of hydrogen-bond donors (Lipinski definition) is 0. The third-order valence-electron chi connectivity index (χ3n) is 9.82. The van der Waals surface area contributed by atoms with Crippen LogP contribution < -0.4 is 0 Å². The van der Waals surface area contributed by atoms with E-state index in [-0.39, 0.29) is 0 Å². The molecule has 0 aliphatic heterocycles. The molecule has 4 nitrogen and oxygen atoms in total. The molecular formula is C46H27N3O. The Labute approximate surface area is 287 Å². The number of imidazole rings is 1. The van der Waals surface area contributed by atoms with E-state index in [1.807, 2.05) is 42.5 Å². The van der Waals surface area contributed by atoms with Gasteiger partial charge in [-0.15, -0.1) is 0 Å². The predicted molar refractivity (Wildman–Crippen MR) is 204 cm³/mol. The van der Waals surface area contributed by atoms with Crippen LogP contribution in [0.5, 0.6) is 0 Å². The van der Waals surface area contributed by atoms with Crippen LogP contribution in [0.1, 0.15) is 5.56 Å². The van der Waals surface area contributed by atoms with Crippen LogP contribution in [0, 0.1) is 11.3 Å². The van der Waals surface area contributed by atoms with Gasteiger partial charge >= 0.3 is 0 Å². The number of rotatable bonds is 4. The normalized spacial score (nSPS) is 11.6. The van der Waals surface area contributed by atoms with Crippen molar-refractivity contribution in [2.75, 3.05) is 0 Å². The SMILES string of the molecule is N#Cc1cccc(-c2ccc(-c3ccc4c5ccc(-c6nc7ccccc7n6-c6ccccc6)cc5c5oc6ccccc6c5c4c3)cc2)c1. The van der Waals surface area contributed by atoms with Crippen LogP contribution in [0.2, 0.25) is 0 Å². The Morgan fingerprint density at radius 2 is 1.16 bits per heavy atom. The van der Waals surface area contributed by atoms with Crippen LogP contribution in [-0.2, 0) is 0 Å². The number of nitriles is 1. The van der Waals surface area contributed by atoms with Crippen molar-refractivity contribution in [1.29, 1.82) is 5.26 Å². The molecule has 0 fully saturated rings. The maximum atomic E-state index is 9.37. The van der Waals surface area contributed by atoms with Crippen molar-refractivity contribution in [3.05, 3.63) is 169 Å². The largest absolute Gasteiger partial charge is 0.455 e. The van der Waals surface area contributed by atoms with Crippen molar-refractivity contribution in [3.8, 4) is 45.4 Å². The van der Waals surface area contributed by atoms with E-state index in [2.05, 4.69) is 132 Å². The molecule has 0 aliphatic rings. The number of furan rings is 1. The fourth-order valence-corrected chi connectivity index (χ4v) is 7.46. The van der Waals surface area contributed by atoms with Crippen molar-refractivity contribution in [1.82, 2.24) is 9.55 Å². The van der Waals surface area contributed by atoms with E-state index in [1.165, 1.54) is 5.39 Å². The van der Waals surface area contributed by atoms with Gasteiger partial charge in [-0.3, -0.25) is 4.57 Å². The van der Waals surface area contributed by atoms with E-state index in [4.69, 9.17) is 9.40 Å². The molecule has 0 atom stereocenters. The Morgan fingerprint density at radius 1 is 0.500 bits per heavy atom. The van der Waals surface area contributed by atoms with E-state index in [0.717, 1.165) is 88.5 Å². The van der Waals surface area contributed by atoms with Crippen molar-refractivity contribution < 1.29 is 4.42 Å². The molecule has 232 valence electrons. The summed E-state index contributed by atoms with van der Waals surface area (Å²) in [6, 6.07) is 59.0. The van der Waals surface area contributed by atoms with E-state index in [0.29, 0.717) is 5.56 Å². The van der Waals surface area contributed by atoms with Crippen LogP contribution >= 0.6 is 0 Å². The smallest absolute Gasteiger partial charge is 0.145 e. The minimum atomic E-state index is 0.659. The third kappa shape index (κ3) is 4.35. The maximum absolute atomic E-state index is 9.37. The van der Waals surface area contributed by atoms with Crippen LogP contribution in [0.15, 0.2) is 168 Å². The molecule has 0 aliphatic carbocycles. The molecule has 0 saturated carbocycles. The zero-order chi connectivity index (χ0) is 33.2. The zero-order valence-corrected chi connectivity index (χ0v) is 26.8. The van der Waals surface area contributed by atoms with E-state index in [9.17, 15) is 5.26 Å². The molecule has 2 heterocycles. The highest BCUT2D eigenvalue weighted by Crippen LogP contribution is 2.43. The van der Waals surface area contributed by atoms with Gasteiger partial charge in [-0.25, -0.2) is 4.98 Å². The number of nitrogens with zero attached hydrogens (tertiary/aromatic N) is 3. The lowest BCUT2D eigenvalue weighted by Gasteiger charge is -2.13. The molecule has 4 heteroatoms. The van der Waals surface area contributed by atoms with E-state index < -0.39 is 0 Å². The maximum Gasteiger partial charge on any atom is 0.145 e. The van der Waals surface area contributed by atoms with Gasteiger partial charge in [0.25, 0.3) is 0 Å². The Morgan fingerprint density at radius 3 is 1.98 bits per heavy atom. The summed E-state index contributed by atoms with van der Waals surface area (Å²) in [4.78, 5) is 5.15. The monoisotopic (exact) mass is 637 g/mol. The van der Waals surface area contributed by atoms with Gasteiger partial charge in [-0.05, 0) is 93.0 Å². The lowest BCUT2D eigenvalue weighted by atomic mass is 9.92. The lowest BCUT2D eigenvalue weighted by molar-refractivity contribution is 0.673. The van der Waals surface area contributed by atoms with Gasteiger partial charge in [0.2, 0.25) is 0 Å². The zero-order valence-electron chi connectivity index (χ0n) is 26.8. The minimum absolute atomic E-state index is 0.659. The van der Waals surface area contributed by atoms with E-state index in [1.54, 1.807) is 0 Å². The molecule has 0 N–H and O–H groups in total. The first kappa shape index (κ1) is 28.1. The average Bonchev–Trinajstić information content (AvgIpc) is 3.78. The molecular weight excluding hydrogens is 611 g/mol. The number of fused-ring (bicyclic) bond motifs is 9. The first-order chi connectivity index (χ1) is 24.7. The lowest BCUT2D eigenvalue weighted by Crippen LogP contribution is -1.97. The highest BCUT2D eigenvalue weighted by atomic mass is 16.3. The summed E-state index contributed by atoms with van der Waals surface area (Å²) < 4.78 is 8.96. The van der Waals surface area contributed by atoms with Gasteiger partial charge in [0.1, 0.15) is 17.0 Å². The summed E-state index contributed by atoms with van der Waals surface area (Å²) in [6.07, 6.45) is 0. The molecule has 0 spiro atoms. The molecule has 10 aromatic rings. The second kappa shape index (κ2) is 11.1. The standard InChI is InChI=1S/C46H27N3O/c47-28-29-9-8-10-32(25-29)30-17-19-31(20-18-30)33-21-23-36-37-24-22-34(27-40(37)45-44(39(36)26-33)38-13-4-7-16-43(38)50-45)46-48-41-14-5-6-15-42(41)49(46)35-11-2-1-3-12-35/h1-27H. The Bertz CT molecular complexity index is 2980. The number of para-hydroxylation sites is 4. The number of aromatic nitrogens is 2. The van der Waals surface area contributed by atoms with Gasteiger partial charge in [-0.1, -0.05) is 109 Å². The van der Waals surface area contributed by atoms with Crippen molar-refractivity contribution in [3.63, 3.8) is 0 Å². The molecule has 0 unspecified atom stereocenters. The Balaban J connectivity index is 1.18. The van der Waals surface area contributed by atoms with Crippen LogP contribution in [0.25, 0.3) is 93.8 Å². The Hall–Kier alpha value is -6.96. The summed E-state index contributed by atoms with van der Waals surface area (Å²) in [6.45, 7) is 0. The minimum Gasteiger partial charge on any atom is -0.455 e. The third-order valence-corrected chi connectivity index (χ3v) is 9.82. The Kier molecular flexibility index (Phi) is 6.21. The first-order valence-electron chi connectivity index (χ1n) is 16.7. The molecule has 0 saturated heterocycles. The highest BCUT2D eigenvalue weighted by Gasteiger charge is 2.20. The average molecular weight is 638 g/mol. The predicted octanol–water partition coefficient (Wildman–Crippen LogP) is 12.1. The molecule has 2 aromatic heterocycles. The van der Waals surface area contributed by atoms with Crippen molar-refractivity contribution in [2.45, 2.75) is 0 Å². The highest BCUT2D eigenvalue weighted by molar-refractivity contribution is 6.30. The molecule has 0 amide bonds. The molecule has 0 bridgehead atoms. The molecule has 10 rings (SSSR count). The quantitative estimate of drug-likeness (QED) is 0.180. The van der Waals surface area contributed by atoms with Gasteiger partial charge in [0.05, 0.1) is 22.7 Å². The van der Waals surface area contributed by atoms with Gasteiger partial charge in [0, 0.05) is 27.4 Å². The van der Waals surface area contributed by atoms with Gasteiger partial charge in [-0.2, -0.15) is 5.26 Å². The molecule has 0 radical (unpaired) electrons. The fraction of sp³-hybridized carbons (Fsp3) is 0. The summed E-state index contributed by atoms with van der Waals surface area (Å²) in [5.41, 5.74) is 10.9. The van der Waals surface area contributed by atoms with Crippen LogP contribution in [0.3, 0.4) is 0 Å². The summed E-state index contributed by atoms with van der Waals surface area (Å²) >= 11 is 0. The molecule has 8 aromatic carbocycles. The number of benzene rings is 8. The van der Waals surface area contributed by atoms with Crippen molar-refractivity contribution in [2.24, 2.45) is 0 Å². The number of hydrogen-bond acceptors (Lipinski definition) is 3. The molecule has 50 heavy (non-hydrogen) atoms.